The van der Waals surface area contributed by atoms with Gasteiger partial charge in [-0.15, -0.1) is 0 Å². The fourth-order valence-corrected chi connectivity index (χ4v) is 2.52. The van der Waals surface area contributed by atoms with Crippen LogP contribution in [0.15, 0.2) is 72.8 Å². The van der Waals surface area contributed by atoms with Crippen molar-refractivity contribution >= 4 is 17.3 Å². The lowest BCUT2D eigenvalue weighted by Crippen LogP contribution is -2.13. The van der Waals surface area contributed by atoms with E-state index >= 15 is 0 Å². The molecule has 0 fully saturated rings. The summed E-state index contributed by atoms with van der Waals surface area (Å²) < 4.78 is 5.89. The van der Waals surface area contributed by atoms with E-state index in [2.05, 4.69) is 5.32 Å². The first-order valence-corrected chi connectivity index (χ1v) is 8.36. The van der Waals surface area contributed by atoms with Gasteiger partial charge in [0.2, 0.25) is 0 Å². The highest BCUT2D eigenvalue weighted by Crippen LogP contribution is 2.27. The average Bonchev–Trinajstić information content (AvgIpc) is 2.69. The maximum absolute atomic E-state index is 12.5. The predicted molar refractivity (Wildman–Crippen MR) is 103 cm³/mol. The van der Waals surface area contributed by atoms with Crippen molar-refractivity contribution in [1.29, 1.82) is 0 Å². The molecule has 3 aromatic carbocycles. The number of anilines is 1. The van der Waals surface area contributed by atoms with E-state index in [0.717, 1.165) is 11.1 Å². The summed E-state index contributed by atoms with van der Waals surface area (Å²) in [4.78, 5) is 22.7. The van der Waals surface area contributed by atoms with Gasteiger partial charge in [-0.05, 0) is 42.3 Å². The molecule has 1 N–H and O–H groups in total. The maximum atomic E-state index is 12.5. The van der Waals surface area contributed by atoms with E-state index in [1.165, 1.54) is 24.3 Å². The number of carbonyl (C=O) groups excluding carboxylic acids is 1. The average molecular weight is 362 g/mol. The highest BCUT2D eigenvalue weighted by Gasteiger charge is 2.12. The third kappa shape index (κ3) is 4.70. The largest absolute Gasteiger partial charge is 0.487 e. The number of ether oxygens (including phenoxy) is 1. The highest BCUT2D eigenvalue weighted by molar-refractivity contribution is 6.05. The number of nitrogens with one attached hydrogen (secondary N) is 1. The van der Waals surface area contributed by atoms with Crippen molar-refractivity contribution in [2.45, 2.75) is 13.5 Å². The van der Waals surface area contributed by atoms with Crippen LogP contribution < -0.4 is 10.1 Å². The lowest BCUT2D eigenvalue weighted by molar-refractivity contribution is -0.384. The van der Waals surface area contributed by atoms with Crippen LogP contribution in [0.2, 0.25) is 0 Å². The molecule has 0 aliphatic heterocycles. The van der Waals surface area contributed by atoms with Crippen molar-refractivity contribution in [2.24, 2.45) is 0 Å². The van der Waals surface area contributed by atoms with Gasteiger partial charge in [0, 0.05) is 17.7 Å². The first-order valence-electron chi connectivity index (χ1n) is 8.36. The van der Waals surface area contributed by atoms with Crippen LogP contribution in [-0.4, -0.2) is 10.8 Å². The topological polar surface area (TPSA) is 81.5 Å². The molecular formula is C21H18N2O4. The molecule has 0 aliphatic rings. The molecule has 0 bridgehead atoms. The Bertz CT molecular complexity index is 954. The molecule has 0 heterocycles. The second kappa shape index (κ2) is 8.14. The molecule has 1 amide bonds. The van der Waals surface area contributed by atoms with Crippen molar-refractivity contribution in [1.82, 2.24) is 0 Å². The molecule has 0 saturated carbocycles. The molecule has 136 valence electrons. The van der Waals surface area contributed by atoms with Crippen LogP contribution in [0.4, 0.5) is 11.4 Å². The first kappa shape index (κ1) is 18.1. The number of non-ortho nitro benzene ring substituents is 1. The van der Waals surface area contributed by atoms with Crippen molar-refractivity contribution < 1.29 is 14.5 Å². The summed E-state index contributed by atoms with van der Waals surface area (Å²) in [5, 5.41) is 13.5. The number of amides is 1. The number of nitro benzene ring substituents is 1. The number of nitro groups is 1. The van der Waals surface area contributed by atoms with E-state index < -0.39 is 4.92 Å². The van der Waals surface area contributed by atoms with E-state index in [4.69, 9.17) is 4.74 Å². The van der Waals surface area contributed by atoms with E-state index in [9.17, 15) is 14.9 Å². The van der Waals surface area contributed by atoms with Gasteiger partial charge in [-0.1, -0.05) is 36.4 Å². The molecule has 6 nitrogen and oxygen atoms in total. The third-order valence-electron chi connectivity index (χ3n) is 3.96. The van der Waals surface area contributed by atoms with Crippen LogP contribution in [-0.2, 0) is 6.61 Å². The number of rotatable bonds is 6. The minimum Gasteiger partial charge on any atom is -0.487 e. The maximum Gasteiger partial charge on any atom is 0.269 e. The van der Waals surface area contributed by atoms with E-state index in [0.29, 0.717) is 23.6 Å². The van der Waals surface area contributed by atoms with Crippen LogP contribution in [0.5, 0.6) is 5.75 Å². The molecule has 3 aromatic rings. The lowest BCUT2D eigenvalue weighted by atomic mass is 10.1. The third-order valence-corrected chi connectivity index (χ3v) is 3.96. The fraction of sp³-hybridized carbons (Fsp3) is 0.0952. The van der Waals surface area contributed by atoms with Gasteiger partial charge in [0.05, 0.1) is 10.6 Å². The van der Waals surface area contributed by atoms with Crippen molar-refractivity contribution in [2.75, 3.05) is 5.32 Å². The zero-order valence-electron chi connectivity index (χ0n) is 14.7. The minimum atomic E-state index is -0.503. The van der Waals surface area contributed by atoms with Gasteiger partial charge in [0.1, 0.15) is 12.4 Å². The standard InChI is InChI=1S/C21H18N2O4/c1-15-7-12-19(20(13-15)27-14-16-5-3-2-4-6-16)22-21(24)17-8-10-18(11-9-17)23(25)26/h2-13H,14H2,1H3,(H,22,24). The number of nitrogens with zero attached hydrogens (tertiary/aromatic N) is 1. The van der Waals surface area contributed by atoms with Crippen LogP contribution in [0, 0.1) is 17.0 Å². The SMILES string of the molecule is Cc1ccc(NC(=O)c2ccc([N+](=O)[O-])cc2)c(OCc2ccccc2)c1. The lowest BCUT2D eigenvalue weighted by Gasteiger charge is -2.13. The molecule has 0 unspecified atom stereocenters. The smallest absolute Gasteiger partial charge is 0.269 e. The summed E-state index contributed by atoms with van der Waals surface area (Å²) in [7, 11) is 0. The number of aryl methyl sites for hydroxylation is 1. The second-order valence-corrected chi connectivity index (χ2v) is 6.03. The van der Waals surface area contributed by atoms with Gasteiger partial charge in [-0.25, -0.2) is 0 Å². The molecule has 27 heavy (non-hydrogen) atoms. The predicted octanol–water partition coefficient (Wildman–Crippen LogP) is 4.73. The Labute approximate surface area is 156 Å². The Balaban J connectivity index is 1.75. The Kier molecular flexibility index (Phi) is 5.47. The Morgan fingerprint density at radius 3 is 2.41 bits per heavy atom. The number of benzene rings is 3. The van der Waals surface area contributed by atoms with Gasteiger partial charge in [0.25, 0.3) is 11.6 Å². The molecule has 0 radical (unpaired) electrons. The molecule has 6 heteroatoms. The molecule has 0 aliphatic carbocycles. The molecule has 0 atom stereocenters. The van der Waals surface area contributed by atoms with Gasteiger partial charge in [-0.2, -0.15) is 0 Å². The molecule has 0 saturated heterocycles. The zero-order valence-corrected chi connectivity index (χ0v) is 14.7. The Morgan fingerprint density at radius 2 is 1.74 bits per heavy atom. The van der Waals surface area contributed by atoms with Gasteiger partial charge < -0.3 is 10.1 Å². The van der Waals surface area contributed by atoms with Crippen molar-refractivity contribution in [3.05, 3.63) is 99.6 Å². The van der Waals surface area contributed by atoms with Crippen molar-refractivity contribution in [3.8, 4) is 5.75 Å². The van der Waals surface area contributed by atoms with Crippen LogP contribution in [0.25, 0.3) is 0 Å². The fourth-order valence-electron chi connectivity index (χ4n) is 2.52. The van der Waals surface area contributed by atoms with E-state index in [-0.39, 0.29) is 11.6 Å². The van der Waals surface area contributed by atoms with Gasteiger partial charge in [-0.3, -0.25) is 14.9 Å². The van der Waals surface area contributed by atoms with Crippen molar-refractivity contribution in [3.63, 3.8) is 0 Å². The number of carbonyl (C=O) groups is 1. The Hall–Kier alpha value is -3.67. The quantitative estimate of drug-likeness (QED) is 0.507. The number of hydrogen-bond acceptors (Lipinski definition) is 4. The van der Waals surface area contributed by atoms with Gasteiger partial charge in [0.15, 0.2) is 0 Å². The number of hydrogen-bond donors (Lipinski definition) is 1. The normalized spacial score (nSPS) is 10.3. The monoisotopic (exact) mass is 362 g/mol. The van der Waals surface area contributed by atoms with E-state index in [1.807, 2.05) is 49.4 Å². The summed E-state index contributed by atoms with van der Waals surface area (Å²) in [5.41, 5.74) is 2.84. The van der Waals surface area contributed by atoms with Crippen LogP contribution >= 0.6 is 0 Å². The zero-order chi connectivity index (χ0) is 19.2. The summed E-state index contributed by atoms with van der Waals surface area (Å²) in [6.07, 6.45) is 0. The summed E-state index contributed by atoms with van der Waals surface area (Å²) in [6, 6.07) is 20.7. The minimum absolute atomic E-state index is 0.0613. The van der Waals surface area contributed by atoms with E-state index in [1.54, 1.807) is 6.07 Å². The summed E-state index contributed by atoms with van der Waals surface area (Å²) in [6.45, 7) is 2.32. The Morgan fingerprint density at radius 1 is 1.04 bits per heavy atom. The first-order chi connectivity index (χ1) is 13.0. The van der Waals surface area contributed by atoms with Crippen LogP contribution in [0.3, 0.4) is 0 Å². The summed E-state index contributed by atoms with van der Waals surface area (Å²) in [5.74, 6) is 0.201. The second-order valence-electron chi connectivity index (χ2n) is 6.03. The molecular weight excluding hydrogens is 344 g/mol. The van der Waals surface area contributed by atoms with Crippen LogP contribution in [0.1, 0.15) is 21.5 Å². The van der Waals surface area contributed by atoms with Gasteiger partial charge >= 0.3 is 0 Å². The summed E-state index contributed by atoms with van der Waals surface area (Å²) >= 11 is 0. The highest BCUT2D eigenvalue weighted by atomic mass is 16.6. The molecule has 0 spiro atoms. The molecule has 0 aromatic heterocycles. The molecule has 3 rings (SSSR count).